The van der Waals surface area contributed by atoms with Crippen LogP contribution >= 0.6 is 0 Å². The van der Waals surface area contributed by atoms with Gasteiger partial charge in [-0.3, -0.25) is 4.90 Å². The highest BCUT2D eigenvalue weighted by Crippen LogP contribution is 2.23. The number of likely N-dealkylation sites (N-methyl/N-ethyl adjacent to an activating group) is 1. The zero-order valence-corrected chi connectivity index (χ0v) is 12.7. The van der Waals surface area contributed by atoms with Crippen molar-refractivity contribution in [2.75, 3.05) is 33.4 Å². The maximum Gasteiger partial charge on any atom is 0.332 e. The van der Waals surface area contributed by atoms with Crippen LogP contribution in [0.5, 0.6) is 0 Å². The first-order valence-corrected chi connectivity index (χ1v) is 7.37. The molecule has 116 valence electrons. The van der Waals surface area contributed by atoms with Gasteiger partial charge in [0.25, 0.3) is 0 Å². The average Bonchev–Trinajstić information content (AvgIpc) is 3.02. The van der Waals surface area contributed by atoms with E-state index in [1.165, 1.54) is 0 Å². The van der Waals surface area contributed by atoms with Crippen molar-refractivity contribution in [2.45, 2.75) is 24.9 Å². The summed E-state index contributed by atoms with van der Waals surface area (Å²) >= 11 is 0. The molecule has 2 rings (SSSR count). The Balaban J connectivity index is 2.21. The van der Waals surface area contributed by atoms with E-state index < -0.39 is 5.54 Å². The van der Waals surface area contributed by atoms with Gasteiger partial charge in [0.2, 0.25) is 0 Å². The molecule has 2 N–H and O–H groups in total. The highest BCUT2D eigenvalue weighted by Gasteiger charge is 2.40. The summed E-state index contributed by atoms with van der Waals surface area (Å²) in [5, 5.41) is 0. The average molecular weight is 292 g/mol. The van der Waals surface area contributed by atoms with E-state index in [2.05, 4.69) is 4.90 Å². The molecule has 1 saturated heterocycles. The van der Waals surface area contributed by atoms with Gasteiger partial charge in [0, 0.05) is 19.2 Å². The Morgan fingerprint density at radius 3 is 2.76 bits per heavy atom. The van der Waals surface area contributed by atoms with Crippen LogP contribution in [0.2, 0.25) is 0 Å². The fourth-order valence-corrected chi connectivity index (χ4v) is 2.66. The van der Waals surface area contributed by atoms with E-state index in [4.69, 9.17) is 15.2 Å². The zero-order valence-electron chi connectivity index (χ0n) is 12.7. The summed E-state index contributed by atoms with van der Waals surface area (Å²) in [6.07, 6.45) is 0.962. The van der Waals surface area contributed by atoms with Gasteiger partial charge in [0.15, 0.2) is 5.54 Å². The van der Waals surface area contributed by atoms with Crippen molar-refractivity contribution in [1.82, 2.24) is 4.90 Å². The molecule has 0 radical (unpaired) electrons. The van der Waals surface area contributed by atoms with E-state index in [1.54, 1.807) is 6.92 Å². The molecule has 0 bridgehead atoms. The topological polar surface area (TPSA) is 64.8 Å². The maximum atomic E-state index is 12.4. The summed E-state index contributed by atoms with van der Waals surface area (Å²) in [6.45, 7) is 3.96. The van der Waals surface area contributed by atoms with Gasteiger partial charge in [-0.1, -0.05) is 30.3 Å². The lowest BCUT2D eigenvalue weighted by Gasteiger charge is -2.34. The fourth-order valence-electron chi connectivity index (χ4n) is 2.66. The smallest absolute Gasteiger partial charge is 0.332 e. The lowest BCUT2D eigenvalue weighted by Crippen LogP contribution is -2.55. The molecule has 21 heavy (non-hydrogen) atoms. The van der Waals surface area contributed by atoms with Crippen LogP contribution in [0.25, 0.3) is 0 Å². The first-order valence-electron chi connectivity index (χ1n) is 7.37. The summed E-state index contributed by atoms with van der Waals surface area (Å²) in [7, 11) is 1.98. The van der Waals surface area contributed by atoms with E-state index in [9.17, 15) is 4.79 Å². The Hall–Kier alpha value is -1.43. The highest BCUT2D eigenvalue weighted by molar-refractivity contribution is 5.82. The second-order valence-corrected chi connectivity index (χ2v) is 5.49. The van der Waals surface area contributed by atoms with E-state index in [0.29, 0.717) is 25.8 Å². The number of nitrogens with zero attached hydrogens (tertiary/aromatic N) is 1. The minimum atomic E-state index is -1.16. The van der Waals surface area contributed by atoms with Crippen molar-refractivity contribution in [3.05, 3.63) is 35.9 Å². The van der Waals surface area contributed by atoms with Crippen LogP contribution in [0.15, 0.2) is 30.3 Å². The molecule has 2 unspecified atom stereocenters. The highest BCUT2D eigenvalue weighted by atomic mass is 16.5. The van der Waals surface area contributed by atoms with Crippen molar-refractivity contribution in [3.63, 3.8) is 0 Å². The number of ether oxygens (including phenoxy) is 2. The van der Waals surface area contributed by atoms with Gasteiger partial charge in [-0.2, -0.15) is 0 Å². The summed E-state index contributed by atoms with van der Waals surface area (Å²) in [6, 6.07) is 9.71. The number of nitrogens with two attached hydrogens (primary N) is 1. The number of rotatable bonds is 6. The van der Waals surface area contributed by atoms with Crippen LogP contribution in [0.4, 0.5) is 0 Å². The Bertz CT molecular complexity index is 460. The molecule has 0 saturated carbocycles. The number of carbonyl (C=O) groups is 1. The van der Waals surface area contributed by atoms with E-state index >= 15 is 0 Å². The molecule has 2 atom stereocenters. The molecule has 1 aliphatic rings. The van der Waals surface area contributed by atoms with Crippen molar-refractivity contribution in [3.8, 4) is 0 Å². The van der Waals surface area contributed by atoms with Crippen LogP contribution in [0.3, 0.4) is 0 Å². The fraction of sp³-hybridized carbons (Fsp3) is 0.562. The third kappa shape index (κ3) is 3.61. The molecule has 0 aromatic heterocycles. The Morgan fingerprint density at radius 2 is 2.19 bits per heavy atom. The predicted octanol–water partition coefficient (Wildman–Crippen LogP) is 1.12. The molecule has 1 aliphatic heterocycles. The summed E-state index contributed by atoms with van der Waals surface area (Å²) in [4.78, 5) is 14.5. The van der Waals surface area contributed by atoms with Gasteiger partial charge in [0.1, 0.15) is 0 Å². The van der Waals surface area contributed by atoms with Crippen molar-refractivity contribution in [2.24, 2.45) is 5.73 Å². The van der Waals surface area contributed by atoms with Crippen LogP contribution in [0.1, 0.15) is 18.9 Å². The molecule has 1 heterocycles. The summed E-state index contributed by atoms with van der Waals surface area (Å²) in [5.74, 6) is -0.387. The van der Waals surface area contributed by atoms with E-state index in [0.717, 1.165) is 18.6 Å². The van der Waals surface area contributed by atoms with Gasteiger partial charge >= 0.3 is 5.97 Å². The van der Waals surface area contributed by atoms with Gasteiger partial charge < -0.3 is 15.2 Å². The van der Waals surface area contributed by atoms with Gasteiger partial charge in [-0.15, -0.1) is 0 Å². The Kier molecular flexibility index (Phi) is 5.33. The number of benzene rings is 1. The van der Waals surface area contributed by atoms with E-state index in [1.807, 2.05) is 37.4 Å². The summed E-state index contributed by atoms with van der Waals surface area (Å²) < 4.78 is 10.6. The van der Waals surface area contributed by atoms with E-state index in [-0.39, 0.29) is 5.97 Å². The molecule has 1 aromatic rings. The Morgan fingerprint density at radius 1 is 1.48 bits per heavy atom. The maximum absolute atomic E-state index is 12.4. The number of hydrogen-bond acceptors (Lipinski definition) is 5. The van der Waals surface area contributed by atoms with Gasteiger partial charge in [-0.25, -0.2) is 4.79 Å². The lowest BCUT2D eigenvalue weighted by molar-refractivity contribution is -0.151. The van der Waals surface area contributed by atoms with Crippen LogP contribution in [0, 0.1) is 0 Å². The van der Waals surface area contributed by atoms with Crippen molar-refractivity contribution in [1.29, 1.82) is 0 Å². The molecular weight excluding hydrogens is 268 g/mol. The largest absolute Gasteiger partial charge is 0.464 e. The SMILES string of the molecule is CCOC(=O)C(N)(CN(C)C1CCOC1)c1ccccc1. The molecule has 0 spiro atoms. The van der Waals surface area contributed by atoms with Gasteiger partial charge in [-0.05, 0) is 26.0 Å². The molecule has 5 heteroatoms. The predicted molar refractivity (Wildman–Crippen MR) is 80.8 cm³/mol. The quantitative estimate of drug-likeness (QED) is 0.796. The summed E-state index contributed by atoms with van der Waals surface area (Å²) in [5.41, 5.74) is 6.07. The number of esters is 1. The van der Waals surface area contributed by atoms with Crippen molar-refractivity contribution >= 4 is 5.97 Å². The molecule has 0 amide bonds. The molecule has 5 nitrogen and oxygen atoms in total. The monoisotopic (exact) mass is 292 g/mol. The standard InChI is InChI=1S/C16H24N2O3/c1-3-21-15(19)16(17,13-7-5-4-6-8-13)12-18(2)14-9-10-20-11-14/h4-8,14H,3,9-12,17H2,1-2H3. The number of hydrogen-bond donors (Lipinski definition) is 1. The first kappa shape index (κ1) is 15.9. The van der Waals surface area contributed by atoms with Crippen molar-refractivity contribution < 1.29 is 14.3 Å². The lowest BCUT2D eigenvalue weighted by atomic mass is 9.90. The molecule has 1 fully saturated rings. The number of carbonyl (C=O) groups excluding carboxylic acids is 1. The minimum absolute atomic E-state index is 0.297. The minimum Gasteiger partial charge on any atom is -0.464 e. The van der Waals surface area contributed by atoms with Gasteiger partial charge in [0.05, 0.1) is 13.2 Å². The molecule has 1 aromatic carbocycles. The van der Waals surface area contributed by atoms with Crippen LogP contribution in [-0.4, -0.2) is 50.3 Å². The van der Waals surface area contributed by atoms with Crippen LogP contribution in [-0.2, 0) is 19.8 Å². The zero-order chi connectivity index (χ0) is 15.3. The third-order valence-electron chi connectivity index (χ3n) is 3.96. The second-order valence-electron chi connectivity index (χ2n) is 5.49. The second kappa shape index (κ2) is 7.02. The molecular formula is C16H24N2O3. The van der Waals surface area contributed by atoms with Crippen LogP contribution < -0.4 is 5.73 Å². The third-order valence-corrected chi connectivity index (χ3v) is 3.96. The Labute approximate surface area is 126 Å². The molecule has 0 aliphatic carbocycles. The first-order chi connectivity index (χ1) is 10.1. The normalized spacial score (nSPS) is 21.2.